The number of nitrogens with one attached hydrogen (secondary N) is 3. The second-order valence-electron chi connectivity index (χ2n) is 16.0. The van der Waals surface area contributed by atoms with E-state index in [-0.39, 0.29) is 21.8 Å². The van der Waals surface area contributed by atoms with Crippen molar-refractivity contribution in [2.24, 2.45) is 29.1 Å². The van der Waals surface area contributed by atoms with Gasteiger partial charge in [-0.15, -0.1) is 0 Å². The van der Waals surface area contributed by atoms with Crippen LogP contribution in [-0.4, -0.2) is 76.1 Å². The minimum atomic E-state index is -4.37. The SMILES string of the molecule is C[C@@H]1[C@H]2C[C@@H](CC2Nc2ccccc2CN2CCN(c3ccc(C(=O)NS(=O)(=O)c4ccc(NCC5CCOCC5)c([N+](=O)[O-])c4)cc3)CC2)C1(C)C. The summed E-state index contributed by atoms with van der Waals surface area (Å²) in [5.74, 6) is 1.75. The van der Waals surface area contributed by atoms with Crippen LogP contribution < -0.4 is 20.3 Å². The zero-order valence-electron chi connectivity index (χ0n) is 30.9. The quantitative estimate of drug-likeness (QED) is 0.142. The number of fused-ring (bicyclic) bond motifs is 2. The molecule has 0 radical (unpaired) electrons. The molecule has 1 unspecified atom stereocenters. The summed E-state index contributed by atoms with van der Waals surface area (Å²) in [5, 5.41) is 18.9. The number of ether oxygens (including phenoxy) is 1. The average molecular weight is 745 g/mol. The zero-order chi connectivity index (χ0) is 37.3. The van der Waals surface area contributed by atoms with Crippen molar-refractivity contribution in [2.75, 3.05) is 61.5 Å². The third-order valence-electron chi connectivity index (χ3n) is 12.7. The predicted molar refractivity (Wildman–Crippen MR) is 207 cm³/mol. The lowest BCUT2D eigenvalue weighted by Gasteiger charge is -2.41. The molecule has 0 spiro atoms. The van der Waals surface area contributed by atoms with E-state index in [1.807, 2.05) is 12.1 Å². The van der Waals surface area contributed by atoms with Gasteiger partial charge in [0.05, 0.1) is 9.82 Å². The number of carbonyl (C=O) groups is 1. The van der Waals surface area contributed by atoms with Crippen LogP contribution in [0.4, 0.5) is 22.7 Å². The molecule has 4 aliphatic rings. The molecule has 2 saturated heterocycles. The van der Waals surface area contributed by atoms with Crippen molar-refractivity contribution < 1.29 is 22.9 Å². The summed E-state index contributed by atoms with van der Waals surface area (Å²) in [6.07, 6.45) is 4.28. The van der Waals surface area contributed by atoms with E-state index in [4.69, 9.17) is 4.74 Å². The molecule has 4 fully saturated rings. The van der Waals surface area contributed by atoms with E-state index in [1.54, 1.807) is 12.1 Å². The molecule has 7 rings (SSSR count). The molecule has 3 N–H and O–H groups in total. The summed E-state index contributed by atoms with van der Waals surface area (Å²) in [7, 11) is -4.37. The first-order valence-corrected chi connectivity index (χ1v) is 20.5. The van der Waals surface area contributed by atoms with E-state index in [2.05, 4.69) is 70.2 Å². The predicted octanol–water partition coefficient (Wildman–Crippen LogP) is 6.36. The van der Waals surface area contributed by atoms with Crippen molar-refractivity contribution >= 4 is 38.7 Å². The maximum atomic E-state index is 13.2. The van der Waals surface area contributed by atoms with Crippen LogP contribution in [0.5, 0.6) is 0 Å². The molecule has 2 bridgehead atoms. The number of nitrogens with zero attached hydrogens (tertiary/aromatic N) is 3. The highest BCUT2D eigenvalue weighted by molar-refractivity contribution is 7.90. The third-order valence-corrected chi connectivity index (χ3v) is 14.1. The van der Waals surface area contributed by atoms with Crippen LogP contribution in [0, 0.1) is 39.2 Å². The first-order chi connectivity index (χ1) is 25.4. The lowest BCUT2D eigenvalue weighted by Crippen LogP contribution is -2.46. The minimum Gasteiger partial charge on any atom is -0.382 e. The van der Waals surface area contributed by atoms with Gasteiger partial charge in [-0.3, -0.25) is 19.8 Å². The van der Waals surface area contributed by atoms with Crippen LogP contribution in [0.1, 0.15) is 62.4 Å². The van der Waals surface area contributed by atoms with Crippen LogP contribution in [0.3, 0.4) is 0 Å². The van der Waals surface area contributed by atoms with Gasteiger partial charge in [0.25, 0.3) is 21.6 Å². The van der Waals surface area contributed by atoms with Gasteiger partial charge in [-0.1, -0.05) is 39.0 Å². The molecule has 2 aliphatic carbocycles. The topological polar surface area (TPSA) is 146 Å². The van der Waals surface area contributed by atoms with Crippen LogP contribution in [0.15, 0.2) is 71.6 Å². The number of amides is 1. The Morgan fingerprint density at radius 1 is 0.962 bits per heavy atom. The lowest BCUT2D eigenvalue weighted by atomic mass is 9.68. The second kappa shape index (κ2) is 15.3. The zero-order valence-corrected chi connectivity index (χ0v) is 31.7. The molecule has 12 nitrogen and oxygen atoms in total. The summed E-state index contributed by atoms with van der Waals surface area (Å²) in [5.41, 5.74) is 4.01. The first kappa shape index (κ1) is 37.1. The van der Waals surface area contributed by atoms with E-state index in [0.717, 1.165) is 75.1 Å². The minimum absolute atomic E-state index is 0.178. The van der Waals surface area contributed by atoms with Crippen molar-refractivity contribution in [3.05, 3.63) is 88.0 Å². The highest BCUT2D eigenvalue weighted by Crippen LogP contribution is 2.59. The van der Waals surface area contributed by atoms with Gasteiger partial charge in [-0.05, 0) is 103 Å². The summed E-state index contributed by atoms with van der Waals surface area (Å²) in [4.78, 5) is 28.7. The van der Waals surface area contributed by atoms with Gasteiger partial charge in [0.2, 0.25) is 0 Å². The molecule has 2 aliphatic heterocycles. The van der Waals surface area contributed by atoms with Crippen molar-refractivity contribution in [3.8, 4) is 0 Å². The number of rotatable bonds is 12. The van der Waals surface area contributed by atoms with Gasteiger partial charge in [0.1, 0.15) is 5.69 Å². The summed E-state index contributed by atoms with van der Waals surface area (Å²) in [6.45, 7) is 13.5. The van der Waals surface area contributed by atoms with Gasteiger partial charge in [0, 0.05) is 81.5 Å². The number of nitro groups is 1. The number of benzene rings is 3. The summed E-state index contributed by atoms with van der Waals surface area (Å²) < 4.78 is 33.7. The number of piperazine rings is 1. The van der Waals surface area contributed by atoms with Crippen molar-refractivity contribution in [3.63, 3.8) is 0 Å². The second-order valence-corrected chi connectivity index (χ2v) is 17.7. The molecule has 284 valence electrons. The van der Waals surface area contributed by atoms with E-state index in [1.165, 1.54) is 36.2 Å². The van der Waals surface area contributed by atoms with Crippen molar-refractivity contribution in [2.45, 2.75) is 63.9 Å². The lowest BCUT2D eigenvalue weighted by molar-refractivity contribution is -0.384. The molecule has 0 aromatic heterocycles. The normalized spacial score (nSPS) is 24.5. The number of sulfonamides is 1. The fourth-order valence-electron chi connectivity index (χ4n) is 8.97. The fraction of sp³-hybridized carbons (Fsp3) is 0.525. The standard InChI is InChI=1S/C40H52N6O6S/c1-27-34-22-31(40(27,2)3)23-37(34)42-35-7-5-4-6-30(35)26-44-16-18-45(19-17-44)32-10-8-29(9-11-32)39(47)43-53(50,51)33-12-13-36(38(24-33)46(48)49)41-25-28-14-20-52-21-15-28/h4-13,24,27-28,31,34,37,41-42H,14-23,25-26H2,1-3H3,(H,43,47)/t27-,31+,34-,37?/m1/s1. The average Bonchev–Trinajstić information content (AvgIpc) is 3.68. The van der Waals surface area contributed by atoms with Crippen LogP contribution >= 0.6 is 0 Å². The van der Waals surface area contributed by atoms with Crippen LogP contribution in [0.2, 0.25) is 0 Å². The number of anilines is 3. The highest BCUT2D eigenvalue weighted by Gasteiger charge is 2.55. The molecule has 3 aromatic rings. The molecule has 13 heteroatoms. The molecule has 3 aromatic carbocycles. The number of hydrogen-bond acceptors (Lipinski definition) is 10. The molecule has 2 heterocycles. The fourth-order valence-corrected chi connectivity index (χ4v) is 9.96. The molecule has 2 saturated carbocycles. The molecular weight excluding hydrogens is 693 g/mol. The monoisotopic (exact) mass is 744 g/mol. The Kier molecular flexibility index (Phi) is 10.7. The maximum absolute atomic E-state index is 13.2. The molecular formula is C40H52N6O6S. The Bertz CT molecular complexity index is 1900. The van der Waals surface area contributed by atoms with E-state index < -0.39 is 20.9 Å². The third kappa shape index (κ3) is 8.02. The Balaban J connectivity index is 0.917. The van der Waals surface area contributed by atoms with Crippen molar-refractivity contribution in [1.29, 1.82) is 0 Å². The van der Waals surface area contributed by atoms with E-state index in [9.17, 15) is 23.3 Å². The van der Waals surface area contributed by atoms with Gasteiger partial charge >= 0.3 is 0 Å². The maximum Gasteiger partial charge on any atom is 0.293 e. The van der Waals surface area contributed by atoms with E-state index in [0.29, 0.717) is 37.1 Å². The molecule has 4 atom stereocenters. The van der Waals surface area contributed by atoms with Crippen LogP contribution in [-0.2, 0) is 21.3 Å². The Morgan fingerprint density at radius 2 is 1.68 bits per heavy atom. The number of nitro benzene ring substituents is 1. The van der Waals surface area contributed by atoms with Gasteiger partial charge in [-0.2, -0.15) is 0 Å². The first-order valence-electron chi connectivity index (χ1n) is 19.0. The number of hydrogen-bond donors (Lipinski definition) is 3. The smallest absolute Gasteiger partial charge is 0.293 e. The Morgan fingerprint density at radius 3 is 2.36 bits per heavy atom. The van der Waals surface area contributed by atoms with Crippen LogP contribution in [0.25, 0.3) is 0 Å². The Labute approximate surface area is 312 Å². The summed E-state index contributed by atoms with van der Waals surface area (Å²) >= 11 is 0. The van der Waals surface area contributed by atoms with Crippen molar-refractivity contribution in [1.82, 2.24) is 9.62 Å². The highest BCUT2D eigenvalue weighted by atomic mass is 32.2. The largest absolute Gasteiger partial charge is 0.382 e. The number of carbonyl (C=O) groups excluding carboxylic acids is 1. The number of para-hydroxylation sites is 1. The molecule has 53 heavy (non-hydrogen) atoms. The van der Waals surface area contributed by atoms with Gasteiger partial charge < -0.3 is 20.3 Å². The summed E-state index contributed by atoms with van der Waals surface area (Å²) in [6, 6.07) is 19.8. The van der Waals surface area contributed by atoms with Gasteiger partial charge in [0.15, 0.2) is 0 Å². The molecule has 1 amide bonds. The Hall–Kier alpha value is -4.20. The van der Waals surface area contributed by atoms with E-state index >= 15 is 0 Å². The van der Waals surface area contributed by atoms with Gasteiger partial charge in [-0.25, -0.2) is 13.1 Å².